The monoisotopic (exact) mass is 491 g/mol. The van der Waals surface area contributed by atoms with Crippen LogP contribution in [0.3, 0.4) is 0 Å². The summed E-state index contributed by atoms with van der Waals surface area (Å²) in [5.74, 6) is -0.523. The van der Waals surface area contributed by atoms with Gasteiger partial charge in [-0.1, -0.05) is 48.5 Å². The average Bonchev–Trinajstić information content (AvgIpc) is 3.15. The first-order valence-corrected chi connectivity index (χ1v) is 13.0. The Balaban J connectivity index is 1.62. The molecule has 0 saturated heterocycles. The molecule has 0 spiro atoms. The molecular weight excluding hydrogens is 462 g/mol. The summed E-state index contributed by atoms with van der Waals surface area (Å²) < 4.78 is 29.4. The van der Waals surface area contributed by atoms with Gasteiger partial charge in [-0.15, -0.1) is 0 Å². The van der Waals surface area contributed by atoms with E-state index in [9.17, 15) is 18.0 Å². The third-order valence-corrected chi connectivity index (χ3v) is 7.68. The molecule has 4 rings (SSSR count). The van der Waals surface area contributed by atoms with Crippen LogP contribution in [0.1, 0.15) is 30.5 Å². The molecule has 8 heteroatoms. The van der Waals surface area contributed by atoms with Crippen LogP contribution >= 0.6 is 0 Å². The maximum atomic E-state index is 13.4. The standard InChI is InChI=1S/C27H29N3O4S/c1-18-9-7-8-12-24(18)28-27(32)25(16-21-10-5-4-6-11-21)29-35(33,34)23-13-14-26-22(17-23)15-19(2)30(26)20(3)31/h4-14,17,19,25,29H,15-16H2,1-3H3,(H,28,32). The van der Waals surface area contributed by atoms with Crippen molar-refractivity contribution in [1.29, 1.82) is 0 Å². The highest BCUT2D eigenvalue weighted by Gasteiger charge is 2.32. The summed E-state index contributed by atoms with van der Waals surface area (Å²) in [6.45, 7) is 5.31. The van der Waals surface area contributed by atoms with Crippen molar-refractivity contribution in [1.82, 2.24) is 4.72 Å². The number of nitrogens with zero attached hydrogens (tertiary/aromatic N) is 1. The molecular formula is C27H29N3O4S. The topological polar surface area (TPSA) is 95.6 Å². The summed E-state index contributed by atoms with van der Waals surface area (Å²) in [6, 6.07) is 20.3. The van der Waals surface area contributed by atoms with Gasteiger partial charge in [-0.25, -0.2) is 8.42 Å². The number of amides is 2. The van der Waals surface area contributed by atoms with Gasteiger partial charge >= 0.3 is 0 Å². The van der Waals surface area contributed by atoms with Gasteiger partial charge in [-0.2, -0.15) is 4.72 Å². The molecule has 3 aromatic rings. The molecule has 1 aliphatic heterocycles. The lowest BCUT2D eigenvalue weighted by Crippen LogP contribution is -2.45. The fraction of sp³-hybridized carbons (Fsp3) is 0.259. The Labute approximate surface area is 206 Å². The smallest absolute Gasteiger partial charge is 0.242 e. The van der Waals surface area contributed by atoms with Gasteiger partial charge < -0.3 is 10.2 Å². The van der Waals surface area contributed by atoms with Crippen LogP contribution in [0.5, 0.6) is 0 Å². The molecule has 0 aliphatic carbocycles. The first-order chi connectivity index (χ1) is 16.7. The third-order valence-electron chi connectivity index (χ3n) is 6.22. The minimum absolute atomic E-state index is 0.0425. The van der Waals surface area contributed by atoms with E-state index in [1.165, 1.54) is 13.0 Å². The molecule has 182 valence electrons. The number of anilines is 2. The Morgan fingerprint density at radius 2 is 1.71 bits per heavy atom. The highest BCUT2D eigenvalue weighted by atomic mass is 32.2. The van der Waals surface area contributed by atoms with Crippen molar-refractivity contribution < 1.29 is 18.0 Å². The van der Waals surface area contributed by atoms with Gasteiger partial charge in [0, 0.05) is 24.3 Å². The fourth-order valence-corrected chi connectivity index (χ4v) is 5.73. The van der Waals surface area contributed by atoms with Crippen LogP contribution in [0.4, 0.5) is 11.4 Å². The van der Waals surface area contributed by atoms with E-state index in [0.717, 1.165) is 22.4 Å². The van der Waals surface area contributed by atoms with E-state index in [1.807, 2.05) is 62.4 Å². The number of sulfonamides is 1. The lowest BCUT2D eigenvalue weighted by Gasteiger charge is -2.21. The summed E-state index contributed by atoms with van der Waals surface area (Å²) in [7, 11) is -4.02. The van der Waals surface area contributed by atoms with E-state index >= 15 is 0 Å². The molecule has 0 saturated carbocycles. The predicted molar refractivity (Wildman–Crippen MR) is 137 cm³/mol. The maximum absolute atomic E-state index is 13.4. The van der Waals surface area contributed by atoms with Gasteiger partial charge in [-0.3, -0.25) is 9.59 Å². The van der Waals surface area contributed by atoms with Crippen LogP contribution < -0.4 is 14.9 Å². The van der Waals surface area contributed by atoms with Crippen molar-refractivity contribution >= 4 is 33.2 Å². The Morgan fingerprint density at radius 3 is 2.40 bits per heavy atom. The average molecular weight is 492 g/mol. The quantitative estimate of drug-likeness (QED) is 0.525. The second-order valence-corrected chi connectivity index (χ2v) is 10.6. The number of fused-ring (bicyclic) bond motifs is 1. The van der Waals surface area contributed by atoms with E-state index in [1.54, 1.807) is 23.1 Å². The molecule has 3 aromatic carbocycles. The molecule has 1 aliphatic rings. The number of benzene rings is 3. The predicted octanol–water partition coefficient (Wildman–Crippen LogP) is 3.82. The minimum atomic E-state index is -4.02. The number of aryl methyl sites for hydroxylation is 1. The zero-order valence-electron chi connectivity index (χ0n) is 20.0. The number of nitrogens with one attached hydrogen (secondary N) is 2. The number of rotatable bonds is 7. The lowest BCUT2D eigenvalue weighted by molar-refractivity contribution is -0.118. The largest absolute Gasteiger partial charge is 0.324 e. The Kier molecular flexibility index (Phi) is 7.05. The van der Waals surface area contributed by atoms with Crippen LogP contribution in [-0.2, 0) is 32.5 Å². The van der Waals surface area contributed by atoms with Crippen molar-refractivity contribution in [2.24, 2.45) is 0 Å². The molecule has 1 heterocycles. The molecule has 0 radical (unpaired) electrons. The summed E-state index contributed by atoms with van der Waals surface area (Å²) in [5, 5.41) is 2.86. The summed E-state index contributed by atoms with van der Waals surface area (Å²) in [6.07, 6.45) is 0.761. The Bertz CT molecular complexity index is 1360. The first-order valence-electron chi connectivity index (χ1n) is 11.5. The van der Waals surface area contributed by atoms with E-state index in [0.29, 0.717) is 12.1 Å². The van der Waals surface area contributed by atoms with Crippen LogP contribution in [0.2, 0.25) is 0 Å². The van der Waals surface area contributed by atoms with E-state index < -0.39 is 22.0 Å². The van der Waals surface area contributed by atoms with Crippen molar-refractivity contribution in [3.8, 4) is 0 Å². The number of hydrogen-bond acceptors (Lipinski definition) is 4. The van der Waals surface area contributed by atoms with Crippen LogP contribution in [0.25, 0.3) is 0 Å². The van der Waals surface area contributed by atoms with Gasteiger partial charge in [0.15, 0.2) is 0 Å². The van der Waals surface area contributed by atoms with Crippen LogP contribution in [0, 0.1) is 6.92 Å². The molecule has 0 bridgehead atoms. The summed E-state index contributed by atoms with van der Waals surface area (Å²) in [5.41, 5.74) is 3.86. The molecule has 2 unspecified atom stereocenters. The van der Waals surface area contributed by atoms with Crippen molar-refractivity contribution in [2.45, 2.75) is 50.6 Å². The fourth-order valence-electron chi connectivity index (χ4n) is 4.48. The van der Waals surface area contributed by atoms with Gasteiger partial charge in [0.1, 0.15) is 6.04 Å². The zero-order chi connectivity index (χ0) is 25.2. The minimum Gasteiger partial charge on any atom is -0.324 e. The second-order valence-electron chi connectivity index (χ2n) is 8.90. The van der Waals surface area contributed by atoms with Crippen LogP contribution in [-0.4, -0.2) is 32.3 Å². The number of hydrogen-bond donors (Lipinski definition) is 2. The normalized spacial score (nSPS) is 16.0. The van der Waals surface area contributed by atoms with Crippen molar-refractivity contribution in [3.05, 3.63) is 89.5 Å². The number of carbonyl (C=O) groups excluding carboxylic acids is 2. The van der Waals surface area contributed by atoms with E-state index in [-0.39, 0.29) is 23.3 Å². The number of para-hydroxylation sites is 1. The number of carbonyl (C=O) groups is 2. The zero-order valence-corrected chi connectivity index (χ0v) is 20.8. The van der Waals surface area contributed by atoms with Gasteiger partial charge in [0.2, 0.25) is 21.8 Å². The lowest BCUT2D eigenvalue weighted by atomic mass is 10.1. The first kappa shape index (κ1) is 24.6. The van der Waals surface area contributed by atoms with E-state index in [2.05, 4.69) is 10.0 Å². The molecule has 2 amide bonds. The van der Waals surface area contributed by atoms with Crippen LogP contribution in [0.15, 0.2) is 77.7 Å². The molecule has 0 fully saturated rings. The maximum Gasteiger partial charge on any atom is 0.242 e. The van der Waals surface area contributed by atoms with Gasteiger partial charge in [-0.05, 0) is 67.6 Å². The summed E-state index contributed by atoms with van der Waals surface area (Å²) >= 11 is 0. The van der Waals surface area contributed by atoms with Gasteiger partial charge in [0.25, 0.3) is 0 Å². The molecule has 2 N–H and O–H groups in total. The van der Waals surface area contributed by atoms with Gasteiger partial charge in [0.05, 0.1) is 4.90 Å². The third kappa shape index (κ3) is 5.44. The van der Waals surface area contributed by atoms with Crippen molar-refractivity contribution in [2.75, 3.05) is 10.2 Å². The highest BCUT2D eigenvalue weighted by Crippen LogP contribution is 2.34. The molecule has 35 heavy (non-hydrogen) atoms. The molecule has 2 atom stereocenters. The molecule has 0 aromatic heterocycles. The van der Waals surface area contributed by atoms with Crippen molar-refractivity contribution in [3.63, 3.8) is 0 Å². The Morgan fingerprint density at radius 1 is 1.03 bits per heavy atom. The Hall–Kier alpha value is -3.49. The second kappa shape index (κ2) is 10.0. The SMILES string of the molecule is CC(=O)N1c2ccc(S(=O)(=O)NC(Cc3ccccc3)C(=O)Nc3ccccc3C)cc2CC1C. The highest BCUT2D eigenvalue weighted by molar-refractivity contribution is 7.89. The molecule has 7 nitrogen and oxygen atoms in total. The van der Waals surface area contributed by atoms with E-state index in [4.69, 9.17) is 0 Å². The summed E-state index contributed by atoms with van der Waals surface area (Å²) in [4.78, 5) is 27.0.